The molecule has 0 aliphatic heterocycles. The van der Waals surface area contributed by atoms with E-state index in [0.29, 0.717) is 34.9 Å². The van der Waals surface area contributed by atoms with Gasteiger partial charge in [0, 0.05) is 11.8 Å². The van der Waals surface area contributed by atoms with Crippen molar-refractivity contribution in [2.75, 3.05) is 19.0 Å². The zero-order valence-corrected chi connectivity index (χ0v) is 16.8. The lowest BCUT2D eigenvalue weighted by Crippen LogP contribution is -2.29. The fraction of sp³-hybridized carbons (Fsp3) is 0.273. The zero-order valence-electron chi connectivity index (χ0n) is 16.8. The van der Waals surface area contributed by atoms with Crippen molar-refractivity contribution in [3.8, 4) is 11.5 Å². The van der Waals surface area contributed by atoms with E-state index in [4.69, 9.17) is 14.2 Å². The van der Waals surface area contributed by atoms with Crippen LogP contribution in [0.15, 0.2) is 42.5 Å². The summed E-state index contributed by atoms with van der Waals surface area (Å²) in [6.07, 6.45) is 1.71. The number of carbonyl (C=O) groups excluding carboxylic acids is 2. The second-order valence-electron chi connectivity index (χ2n) is 6.21. The number of aryl methyl sites for hydroxylation is 1. The van der Waals surface area contributed by atoms with Crippen molar-refractivity contribution in [3.05, 3.63) is 59.4 Å². The van der Waals surface area contributed by atoms with Gasteiger partial charge in [-0.25, -0.2) is 9.18 Å². The highest BCUT2D eigenvalue weighted by Gasteiger charge is 2.17. The summed E-state index contributed by atoms with van der Waals surface area (Å²) < 4.78 is 29.4. The van der Waals surface area contributed by atoms with Gasteiger partial charge in [-0.3, -0.25) is 4.79 Å². The van der Waals surface area contributed by atoms with E-state index in [-0.39, 0.29) is 0 Å². The number of hydrogen-bond acceptors (Lipinski definition) is 5. The third-order valence-corrected chi connectivity index (χ3v) is 4.00. The van der Waals surface area contributed by atoms with Gasteiger partial charge in [-0.15, -0.1) is 0 Å². The second kappa shape index (κ2) is 10.3. The van der Waals surface area contributed by atoms with Crippen LogP contribution in [0.25, 0.3) is 6.08 Å². The van der Waals surface area contributed by atoms with Gasteiger partial charge in [-0.05, 0) is 62.2 Å². The lowest BCUT2D eigenvalue weighted by atomic mass is 10.2. The average molecular weight is 401 g/mol. The molecule has 7 heteroatoms. The molecule has 2 rings (SSSR count). The van der Waals surface area contributed by atoms with Crippen molar-refractivity contribution in [1.82, 2.24) is 0 Å². The number of ether oxygens (including phenoxy) is 3. The summed E-state index contributed by atoms with van der Waals surface area (Å²) in [7, 11) is 1.54. The third-order valence-electron chi connectivity index (χ3n) is 4.00. The third kappa shape index (κ3) is 6.34. The smallest absolute Gasteiger partial charge is 0.331 e. The molecule has 0 bridgehead atoms. The van der Waals surface area contributed by atoms with E-state index in [0.717, 1.165) is 0 Å². The molecule has 2 aromatic rings. The number of nitrogens with one attached hydrogen (secondary N) is 1. The van der Waals surface area contributed by atoms with Crippen molar-refractivity contribution in [2.24, 2.45) is 0 Å². The van der Waals surface area contributed by atoms with Crippen LogP contribution in [0.4, 0.5) is 10.1 Å². The van der Waals surface area contributed by atoms with Crippen molar-refractivity contribution in [2.45, 2.75) is 26.9 Å². The van der Waals surface area contributed by atoms with E-state index in [1.54, 1.807) is 50.4 Å². The molecule has 0 radical (unpaired) electrons. The molecule has 1 atom stereocenters. The molecule has 0 aliphatic rings. The van der Waals surface area contributed by atoms with Crippen molar-refractivity contribution >= 4 is 23.6 Å². The van der Waals surface area contributed by atoms with Crippen LogP contribution < -0.4 is 14.8 Å². The van der Waals surface area contributed by atoms with Crippen LogP contribution in [0.3, 0.4) is 0 Å². The van der Waals surface area contributed by atoms with E-state index >= 15 is 0 Å². The number of halogens is 1. The van der Waals surface area contributed by atoms with Gasteiger partial charge in [-0.1, -0.05) is 12.1 Å². The van der Waals surface area contributed by atoms with E-state index in [1.165, 1.54) is 19.1 Å². The summed E-state index contributed by atoms with van der Waals surface area (Å²) >= 11 is 0. The average Bonchev–Trinajstić information content (AvgIpc) is 2.69. The summed E-state index contributed by atoms with van der Waals surface area (Å²) in [6.45, 7) is 5.39. The Morgan fingerprint density at radius 3 is 2.59 bits per heavy atom. The quantitative estimate of drug-likeness (QED) is 0.532. The standard InChI is InChI=1S/C22H24FNO5/c1-5-28-20-12-16(7-10-19(20)27-4)8-11-21(25)29-15(3)22(26)24-17-9-6-14(2)18(23)13-17/h6-13,15H,5H2,1-4H3,(H,24,26)/b11-8+/t15-/m1/s1. The monoisotopic (exact) mass is 401 g/mol. The molecular weight excluding hydrogens is 377 g/mol. The molecule has 0 spiro atoms. The van der Waals surface area contributed by atoms with Gasteiger partial charge < -0.3 is 19.5 Å². The molecule has 1 N–H and O–H groups in total. The summed E-state index contributed by atoms with van der Waals surface area (Å²) in [5, 5.41) is 2.51. The van der Waals surface area contributed by atoms with Crippen LogP contribution in [-0.4, -0.2) is 31.7 Å². The SMILES string of the molecule is CCOc1cc(/C=C/C(=O)O[C@H](C)C(=O)Nc2ccc(C)c(F)c2)ccc1OC. The summed E-state index contributed by atoms with van der Waals surface area (Å²) in [5.41, 5.74) is 1.47. The van der Waals surface area contributed by atoms with Crippen molar-refractivity contribution in [3.63, 3.8) is 0 Å². The zero-order chi connectivity index (χ0) is 21.4. The second-order valence-corrected chi connectivity index (χ2v) is 6.21. The molecule has 0 aromatic heterocycles. The Morgan fingerprint density at radius 2 is 1.93 bits per heavy atom. The Balaban J connectivity index is 1.96. The number of rotatable bonds is 8. The van der Waals surface area contributed by atoms with Crippen LogP contribution in [0.2, 0.25) is 0 Å². The highest BCUT2D eigenvalue weighted by atomic mass is 19.1. The van der Waals surface area contributed by atoms with Crippen LogP contribution in [0.5, 0.6) is 11.5 Å². The Bertz CT molecular complexity index is 910. The lowest BCUT2D eigenvalue weighted by molar-refractivity contribution is -0.148. The number of methoxy groups -OCH3 is 1. The fourth-order valence-electron chi connectivity index (χ4n) is 2.41. The summed E-state index contributed by atoms with van der Waals surface area (Å²) in [4.78, 5) is 24.2. The maximum atomic E-state index is 13.6. The minimum Gasteiger partial charge on any atom is -0.493 e. The Kier molecular flexibility index (Phi) is 7.77. The maximum absolute atomic E-state index is 13.6. The summed E-state index contributed by atoms with van der Waals surface area (Å²) in [6, 6.07) is 9.55. The predicted molar refractivity (Wildman–Crippen MR) is 109 cm³/mol. The van der Waals surface area contributed by atoms with Crippen LogP contribution in [0, 0.1) is 12.7 Å². The highest BCUT2D eigenvalue weighted by Crippen LogP contribution is 2.28. The fourth-order valence-corrected chi connectivity index (χ4v) is 2.41. The first-order chi connectivity index (χ1) is 13.8. The van der Waals surface area contributed by atoms with E-state index < -0.39 is 23.8 Å². The van der Waals surface area contributed by atoms with Gasteiger partial charge in [0.25, 0.3) is 5.91 Å². The number of anilines is 1. The molecule has 0 aliphatic carbocycles. The Hall–Kier alpha value is -3.35. The largest absolute Gasteiger partial charge is 0.493 e. The molecule has 0 unspecified atom stereocenters. The van der Waals surface area contributed by atoms with E-state index in [9.17, 15) is 14.0 Å². The lowest BCUT2D eigenvalue weighted by Gasteiger charge is -2.13. The molecular formula is C22H24FNO5. The molecule has 0 fully saturated rings. The van der Waals surface area contributed by atoms with Gasteiger partial charge >= 0.3 is 5.97 Å². The number of hydrogen-bond donors (Lipinski definition) is 1. The minimum absolute atomic E-state index is 0.290. The molecule has 0 heterocycles. The Labute approximate surface area is 169 Å². The van der Waals surface area contributed by atoms with Gasteiger partial charge in [0.05, 0.1) is 13.7 Å². The topological polar surface area (TPSA) is 73.9 Å². The molecule has 6 nitrogen and oxygen atoms in total. The van der Waals surface area contributed by atoms with Crippen LogP contribution in [-0.2, 0) is 14.3 Å². The van der Waals surface area contributed by atoms with Crippen molar-refractivity contribution < 1.29 is 28.2 Å². The maximum Gasteiger partial charge on any atom is 0.331 e. The van der Waals surface area contributed by atoms with Crippen molar-refractivity contribution in [1.29, 1.82) is 0 Å². The Morgan fingerprint density at radius 1 is 1.17 bits per heavy atom. The van der Waals surface area contributed by atoms with Gasteiger partial charge in [0.2, 0.25) is 0 Å². The number of benzene rings is 2. The normalized spacial score (nSPS) is 11.8. The molecule has 0 saturated heterocycles. The number of carbonyl (C=O) groups is 2. The first-order valence-electron chi connectivity index (χ1n) is 9.10. The first kappa shape index (κ1) is 21.9. The van der Waals surface area contributed by atoms with E-state index in [2.05, 4.69) is 5.32 Å². The van der Waals surface area contributed by atoms with Crippen LogP contribution in [0.1, 0.15) is 25.0 Å². The van der Waals surface area contributed by atoms with Gasteiger partial charge in [-0.2, -0.15) is 0 Å². The highest BCUT2D eigenvalue weighted by molar-refractivity contribution is 5.96. The predicted octanol–water partition coefficient (Wildman–Crippen LogP) is 4.13. The molecule has 1 amide bonds. The molecule has 154 valence electrons. The number of esters is 1. The molecule has 29 heavy (non-hydrogen) atoms. The molecule has 0 saturated carbocycles. The summed E-state index contributed by atoms with van der Waals surface area (Å²) in [5.74, 6) is -0.524. The van der Waals surface area contributed by atoms with Crippen LogP contribution >= 0.6 is 0 Å². The van der Waals surface area contributed by atoms with E-state index in [1.807, 2.05) is 6.92 Å². The number of amides is 1. The minimum atomic E-state index is -1.05. The van der Waals surface area contributed by atoms with Gasteiger partial charge in [0.15, 0.2) is 17.6 Å². The molecule has 2 aromatic carbocycles. The first-order valence-corrected chi connectivity index (χ1v) is 9.10. The van der Waals surface area contributed by atoms with Gasteiger partial charge in [0.1, 0.15) is 5.82 Å².